The van der Waals surface area contributed by atoms with Gasteiger partial charge in [0.1, 0.15) is 6.10 Å². The lowest BCUT2D eigenvalue weighted by molar-refractivity contribution is 0.138. The van der Waals surface area contributed by atoms with Crippen LogP contribution in [0.5, 0.6) is 0 Å². The lowest BCUT2D eigenvalue weighted by atomic mass is 9.93. The largest absolute Gasteiger partial charge is 0.444 e. The summed E-state index contributed by atoms with van der Waals surface area (Å²) in [5.74, 6) is 0. The summed E-state index contributed by atoms with van der Waals surface area (Å²) >= 11 is 0. The second kappa shape index (κ2) is 2.62. The van der Waals surface area contributed by atoms with Crippen molar-refractivity contribution < 1.29 is 9.53 Å². The standard InChI is InChI=1S/C10H13NO2/c1-6-4-9-8(3)13-10(12)11(9)5-7(6)2/h8-9H,1-2,4-5H2,3H3/t8-,9-/m1/s1. The van der Waals surface area contributed by atoms with E-state index in [1.165, 1.54) is 0 Å². The first kappa shape index (κ1) is 8.35. The number of amides is 1. The van der Waals surface area contributed by atoms with Crippen molar-refractivity contribution in [3.05, 3.63) is 24.3 Å². The van der Waals surface area contributed by atoms with Crippen LogP contribution in [0, 0.1) is 0 Å². The molecule has 0 saturated carbocycles. The highest BCUT2D eigenvalue weighted by atomic mass is 16.6. The number of carbonyl (C=O) groups is 1. The van der Waals surface area contributed by atoms with Crippen molar-refractivity contribution in [2.75, 3.05) is 6.54 Å². The molecule has 2 heterocycles. The molecule has 2 saturated heterocycles. The van der Waals surface area contributed by atoms with Crippen LogP contribution < -0.4 is 0 Å². The summed E-state index contributed by atoms with van der Waals surface area (Å²) in [6.07, 6.45) is 0.564. The molecule has 2 aliphatic rings. The van der Waals surface area contributed by atoms with E-state index in [1.807, 2.05) is 6.92 Å². The summed E-state index contributed by atoms with van der Waals surface area (Å²) < 4.78 is 5.11. The third-order valence-corrected chi connectivity index (χ3v) is 2.78. The van der Waals surface area contributed by atoms with Gasteiger partial charge >= 0.3 is 6.09 Å². The molecule has 0 aliphatic carbocycles. The normalized spacial score (nSPS) is 33.3. The minimum absolute atomic E-state index is 0.0163. The number of hydrogen-bond acceptors (Lipinski definition) is 2. The molecule has 0 spiro atoms. The number of rotatable bonds is 0. The van der Waals surface area contributed by atoms with Gasteiger partial charge in [0.15, 0.2) is 0 Å². The van der Waals surface area contributed by atoms with Crippen LogP contribution in [0.25, 0.3) is 0 Å². The number of fused-ring (bicyclic) bond motifs is 1. The first-order valence-electron chi connectivity index (χ1n) is 4.43. The topological polar surface area (TPSA) is 29.5 Å². The van der Waals surface area contributed by atoms with Gasteiger partial charge in [-0.1, -0.05) is 13.2 Å². The van der Waals surface area contributed by atoms with Gasteiger partial charge in [0.25, 0.3) is 0 Å². The Kier molecular flexibility index (Phi) is 1.68. The van der Waals surface area contributed by atoms with Crippen molar-refractivity contribution in [2.45, 2.75) is 25.5 Å². The molecule has 70 valence electrons. The Morgan fingerprint density at radius 2 is 2.15 bits per heavy atom. The van der Waals surface area contributed by atoms with Gasteiger partial charge in [-0.25, -0.2) is 4.79 Å². The van der Waals surface area contributed by atoms with Crippen molar-refractivity contribution in [3.8, 4) is 0 Å². The molecule has 2 aliphatic heterocycles. The van der Waals surface area contributed by atoms with E-state index < -0.39 is 0 Å². The Labute approximate surface area is 77.7 Å². The summed E-state index contributed by atoms with van der Waals surface area (Å²) in [6.45, 7) is 10.3. The number of hydrogen-bond donors (Lipinski definition) is 0. The van der Waals surface area contributed by atoms with Gasteiger partial charge in [0.05, 0.1) is 6.04 Å². The maximum Gasteiger partial charge on any atom is 0.410 e. The molecule has 1 amide bonds. The highest BCUT2D eigenvalue weighted by molar-refractivity contribution is 5.72. The minimum atomic E-state index is -0.217. The highest BCUT2D eigenvalue weighted by Crippen LogP contribution is 2.32. The second-order valence-electron chi connectivity index (χ2n) is 3.70. The van der Waals surface area contributed by atoms with Gasteiger partial charge in [0.2, 0.25) is 0 Å². The zero-order valence-corrected chi connectivity index (χ0v) is 7.75. The molecule has 3 nitrogen and oxygen atoms in total. The van der Waals surface area contributed by atoms with E-state index in [2.05, 4.69) is 13.2 Å². The SMILES string of the molecule is C=C1C[C@@H]2[C@@H](C)OC(=O)N2CC1=C. The monoisotopic (exact) mass is 179 g/mol. The van der Waals surface area contributed by atoms with Gasteiger partial charge in [-0.15, -0.1) is 0 Å². The predicted molar refractivity (Wildman–Crippen MR) is 49.3 cm³/mol. The Morgan fingerprint density at radius 1 is 1.46 bits per heavy atom. The molecule has 0 aromatic rings. The number of cyclic esters (lactones) is 1. The minimum Gasteiger partial charge on any atom is -0.444 e. The summed E-state index contributed by atoms with van der Waals surface area (Å²) in [5, 5.41) is 0. The fourth-order valence-corrected chi connectivity index (χ4v) is 1.87. The maximum absolute atomic E-state index is 11.3. The molecule has 3 heteroatoms. The molecule has 0 radical (unpaired) electrons. The zero-order chi connectivity index (χ0) is 9.59. The van der Waals surface area contributed by atoms with Crippen molar-refractivity contribution in [3.63, 3.8) is 0 Å². The van der Waals surface area contributed by atoms with E-state index in [4.69, 9.17) is 4.74 Å². The molecule has 2 rings (SSSR count). The molecule has 2 fully saturated rings. The maximum atomic E-state index is 11.3. The Hall–Kier alpha value is -1.25. The predicted octanol–water partition coefficient (Wildman–Crippen LogP) is 1.71. The molecule has 0 aromatic carbocycles. The fraction of sp³-hybridized carbons (Fsp3) is 0.500. The average molecular weight is 179 g/mol. The van der Waals surface area contributed by atoms with E-state index in [0.717, 1.165) is 17.6 Å². The van der Waals surface area contributed by atoms with Crippen LogP contribution in [-0.2, 0) is 4.74 Å². The van der Waals surface area contributed by atoms with Crippen LogP contribution in [-0.4, -0.2) is 29.7 Å². The number of ether oxygens (including phenoxy) is 1. The van der Waals surface area contributed by atoms with Gasteiger partial charge in [0, 0.05) is 6.54 Å². The molecule has 2 atom stereocenters. The summed E-state index contributed by atoms with van der Waals surface area (Å²) in [4.78, 5) is 13.0. The average Bonchev–Trinajstić information content (AvgIpc) is 2.31. The van der Waals surface area contributed by atoms with Crippen molar-refractivity contribution in [1.29, 1.82) is 0 Å². The fourth-order valence-electron chi connectivity index (χ4n) is 1.87. The van der Waals surface area contributed by atoms with Gasteiger partial charge in [-0.05, 0) is 24.5 Å². The first-order chi connectivity index (χ1) is 6.09. The Bertz CT molecular complexity index is 295. The molecule has 0 bridgehead atoms. The summed E-state index contributed by atoms with van der Waals surface area (Å²) in [7, 11) is 0. The quantitative estimate of drug-likeness (QED) is 0.566. The van der Waals surface area contributed by atoms with Crippen molar-refractivity contribution in [2.24, 2.45) is 0 Å². The van der Waals surface area contributed by atoms with E-state index in [9.17, 15) is 4.79 Å². The third kappa shape index (κ3) is 1.15. The third-order valence-electron chi connectivity index (χ3n) is 2.78. The lowest BCUT2D eigenvalue weighted by Gasteiger charge is -2.30. The molecule has 0 aromatic heterocycles. The summed E-state index contributed by atoms with van der Waals surface area (Å²) in [6, 6.07) is 0.172. The van der Waals surface area contributed by atoms with E-state index in [0.29, 0.717) is 6.54 Å². The van der Waals surface area contributed by atoms with Crippen LogP contribution in [0.4, 0.5) is 4.79 Å². The van der Waals surface area contributed by atoms with Gasteiger partial charge in [-0.3, -0.25) is 4.90 Å². The Balaban J connectivity index is 2.24. The van der Waals surface area contributed by atoms with Crippen LogP contribution >= 0.6 is 0 Å². The van der Waals surface area contributed by atoms with Crippen LogP contribution in [0.15, 0.2) is 24.3 Å². The first-order valence-corrected chi connectivity index (χ1v) is 4.43. The molecule has 0 N–H and O–H groups in total. The number of piperidine rings is 1. The molecular weight excluding hydrogens is 166 g/mol. The molecule has 13 heavy (non-hydrogen) atoms. The smallest absolute Gasteiger partial charge is 0.410 e. The van der Waals surface area contributed by atoms with E-state index >= 15 is 0 Å². The lowest BCUT2D eigenvalue weighted by Crippen LogP contribution is -2.41. The highest BCUT2D eigenvalue weighted by Gasteiger charge is 2.42. The Morgan fingerprint density at radius 3 is 2.85 bits per heavy atom. The van der Waals surface area contributed by atoms with Gasteiger partial charge in [-0.2, -0.15) is 0 Å². The summed E-state index contributed by atoms with van der Waals surface area (Å²) in [5.41, 5.74) is 1.99. The van der Waals surface area contributed by atoms with Crippen LogP contribution in [0.3, 0.4) is 0 Å². The van der Waals surface area contributed by atoms with E-state index in [-0.39, 0.29) is 18.2 Å². The number of carbonyl (C=O) groups excluding carboxylic acids is 1. The van der Waals surface area contributed by atoms with Crippen LogP contribution in [0.1, 0.15) is 13.3 Å². The second-order valence-corrected chi connectivity index (χ2v) is 3.70. The van der Waals surface area contributed by atoms with Gasteiger partial charge < -0.3 is 4.74 Å². The zero-order valence-electron chi connectivity index (χ0n) is 7.75. The van der Waals surface area contributed by atoms with Crippen LogP contribution in [0.2, 0.25) is 0 Å². The van der Waals surface area contributed by atoms with Crippen molar-refractivity contribution in [1.82, 2.24) is 4.90 Å². The molecule has 0 unspecified atom stereocenters. The number of nitrogens with zero attached hydrogens (tertiary/aromatic N) is 1. The van der Waals surface area contributed by atoms with E-state index in [1.54, 1.807) is 4.90 Å². The van der Waals surface area contributed by atoms with Crippen molar-refractivity contribution >= 4 is 6.09 Å². The molecular formula is C10H13NO2.